The second kappa shape index (κ2) is 5.62. The molecule has 0 atom stereocenters. The van der Waals surface area contributed by atoms with Crippen LogP contribution in [0.1, 0.15) is 23.6 Å². The number of alkyl halides is 2. The predicted molar refractivity (Wildman–Crippen MR) is 63.8 cm³/mol. The van der Waals surface area contributed by atoms with Crippen molar-refractivity contribution < 1.29 is 23.4 Å². The Hall–Kier alpha value is -1.91. The first-order valence-corrected chi connectivity index (χ1v) is 5.29. The standard InChI is InChI=1S/C13H14F2O3/c1-7-4-10(6-9(3)12(16)17)5-8(2)11(7)18-13(14)15/h4-6,13H,1-3H3,(H,16,17). The highest BCUT2D eigenvalue weighted by molar-refractivity contribution is 5.91. The van der Waals surface area contributed by atoms with Crippen molar-refractivity contribution in [3.8, 4) is 5.75 Å². The first-order chi connectivity index (χ1) is 8.31. The molecule has 0 aromatic heterocycles. The molecule has 0 heterocycles. The topological polar surface area (TPSA) is 46.5 Å². The monoisotopic (exact) mass is 256 g/mol. The number of carboxylic acids is 1. The van der Waals surface area contributed by atoms with Crippen molar-refractivity contribution in [2.45, 2.75) is 27.4 Å². The molecule has 0 saturated carbocycles. The molecule has 0 aliphatic rings. The van der Waals surface area contributed by atoms with Gasteiger partial charge in [-0.15, -0.1) is 0 Å². The van der Waals surface area contributed by atoms with E-state index in [1.807, 2.05) is 0 Å². The van der Waals surface area contributed by atoms with Gasteiger partial charge in [0.1, 0.15) is 5.75 Å². The number of hydrogen-bond donors (Lipinski definition) is 1. The largest absolute Gasteiger partial charge is 0.478 e. The van der Waals surface area contributed by atoms with Gasteiger partial charge in [-0.1, -0.05) is 0 Å². The maximum Gasteiger partial charge on any atom is 0.387 e. The Labute approximate surface area is 104 Å². The van der Waals surface area contributed by atoms with Crippen LogP contribution in [0.2, 0.25) is 0 Å². The summed E-state index contributed by atoms with van der Waals surface area (Å²) in [4.78, 5) is 10.7. The minimum absolute atomic E-state index is 0.134. The van der Waals surface area contributed by atoms with E-state index in [9.17, 15) is 13.6 Å². The maximum atomic E-state index is 12.2. The predicted octanol–water partition coefficient (Wildman–Crippen LogP) is 3.39. The summed E-state index contributed by atoms with van der Waals surface area (Å²) >= 11 is 0. The Balaban J connectivity index is 3.14. The Morgan fingerprint density at radius 1 is 1.33 bits per heavy atom. The van der Waals surface area contributed by atoms with E-state index in [-0.39, 0.29) is 11.3 Å². The van der Waals surface area contributed by atoms with Gasteiger partial charge in [-0.2, -0.15) is 8.78 Å². The highest BCUT2D eigenvalue weighted by Gasteiger charge is 2.11. The molecule has 0 saturated heterocycles. The molecular weight excluding hydrogens is 242 g/mol. The number of aryl methyl sites for hydroxylation is 2. The normalized spacial score (nSPS) is 11.8. The lowest BCUT2D eigenvalue weighted by Gasteiger charge is -2.12. The number of carboxylic acid groups (broad SMARTS) is 1. The van der Waals surface area contributed by atoms with Crippen molar-refractivity contribution >= 4 is 12.0 Å². The van der Waals surface area contributed by atoms with E-state index < -0.39 is 12.6 Å². The zero-order valence-electron chi connectivity index (χ0n) is 10.3. The third kappa shape index (κ3) is 3.55. The molecule has 18 heavy (non-hydrogen) atoms. The molecule has 5 heteroatoms. The zero-order chi connectivity index (χ0) is 13.9. The van der Waals surface area contributed by atoms with Crippen molar-refractivity contribution in [2.75, 3.05) is 0 Å². The second-order valence-corrected chi connectivity index (χ2v) is 3.99. The second-order valence-electron chi connectivity index (χ2n) is 3.99. The molecule has 1 aromatic rings. The van der Waals surface area contributed by atoms with Crippen molar-refractivity contribution in [1.29, 1.82) is 0 Å². The Bertz CT molecular complexity index is 470. The lowest BCUT2D eigenvalue weighted by molar-refractivity contribution is -0.132. The molecule has 0 amide bonds. The summed E-state index contributed by atoms with van der Waals surface area (Å²) < 4.78 is 28.8. The minimum Gasteiger partial charge on any atom is -0.478 e. The van der Waals surface area contributed by atoms with E-state index in [1.54, 1.807) is 26.0 Å². The molecular formula is C13H14F2O3. The molecule has 0 fully saturated rings. The van der Waals surface area contributed by atoms with E-state index in [4.69, 9.17) is 5.11 Å². The summed E-state index contributed by atoms with van der Waals surface area (Å²) in [7, 11) is 0. The van der Waals surface area contributed by atoms with Gasteiger partial charge in [-0.25, -0.2) is 4.79 Å². The molecule has 98 valence electrons. The van der Waals surface area contributed by atoms with Crippen LogP contribution < -0.4 is 4.74 Å². The SMILES string of the molecule is CC(=Cc1cc(C)c(OC(F)F)c(C)c1)C(=O)O. The molecule has 0 radical (unpaired) electrons. The van der Waals surface area contributed by atoms with Crippen LogP contribution in [0.25, 0.3) is 6.08 Å². The van der Waals surface area contributed by atoms with E-state index >= 15 is 0 Å². The summed E-state index contributed by atoms with van der Waals surface area (Å²) in [6.07, 6.45) is 1.48. The van der Waals surface area contributed by atoms with Crippen LogP contribution in [0, 0.1) is 13.8 Å². The molecule has 0 aliphatic carbocycles. The molecule has 1 N–H and O–H groups in total. The number of hydrogen-bond acceptors (Lipinski definition) is 2. The molecule has 0 bridgehead atoms. The van der Waals surface area contributed by atoms with Gasteiger partial charge in [0.25, 0.3) is 0 Å². The Morgan fingerprint density at radius 2 is 1.83 bits per heavy atom. The van der Waals surface area contributed by atoms with Gasteiger partial charge in [0.15, 0.2) is 0 Å². The van der Waals surface area contributed by atoms with Gasteiger partial charge >= 0.3 is 12.6 Å². The van der Waals surface area contributed by atoms with Crippen molar-refractivity contribution in [3.63, 3.8) is 0 Å². The fourth-order valence-electron chi connectivity index (χ4n) is 1.65. The van der Waals surface area contributed by atoms with Crippen molar-refractivity contribution in [1.82, 2.24) is 0 Å². The summed E-state index contributed by atoms with van der Waals surface area (Å²) in [5.41, 5.74) is 1.90. The molecule has 0 aliphatic heterocycles. The van der Waals surface area contributed by atoms with Crippen LogP contribution in [0.4, 0.5) is 8.78 Å². The van der Waals surface area contributed by atoms with Gasteiger partial charge in [0.05, 0.1) is 0 Å². The highest BCUT2D eigenvalue weighted by Crippen LogP contribution is 2.27. The number of ether oxygens (including phenoxy) is 1. The van der Waals surface area contributed by atoms with Crippen LogP contribution in [-0.4, -0.2) is 17.7 Å². The van der Waals surface area contributed by atoms with Gasteiger partial charge < -0.3 is 9.84 Å². The zero-order valence-corrected chi connectivity index (χ0v) is 10.3. The summed E-state index contributed by atoms with van der Waals surface area (Å²) in [6.45, 7) is 1.87. The maximum absolute atomic E-state index is 12.2. The molecule has 3 nitrogen and oxygen atoms in total. The first kappa shape index (κ1) is 14.2. The number of carbonyl (C=O) groups is 1. The Morgan fingerprint density at radius 3 is 2.22 bits per heavy atom. The summed E-state index contributed by atoms with van der Waals surface area (Å²) in [5.74, 6) is -0.881. The number of benzene rings is 1. The number of rotatable bonds is 4. The van der Waals surface area contributed by atoms with Crippen molar-refractivity contribution in [2.24, 2.45) is 0 Å². The van der Waals surface area contributed by atoms with Gasteiger partial charge in [-0.3, -0.25) is 0 Å². The molecule has 0 unspecified atom stereocenters. The van der Waals surface area contributed by atoms with Gasteiger partial charge in [-0.05, 0) is 55.7 Å². The van der Waals surface area contributed by atoms with Crippen LogP contribution >= 0.6 is 0 Å². The molecule has 0 spiro atoms. The summed E-state index contributed by atoms with van der Waals surface area (Å²) in [6, 6.07) is 3.22. The number of halogens is 2. The smallest absolute Gasteiger partial charge is 0.387 e. The molecule has 1 rings (SSSR count). The number of aliphatic carboxylic acids is 1. The quantitative estimate of drug-likeness (QED) is 0.840. The van der Waals surface area contributed by atoms with Gasteiger partial charge in [0, 0.05) is 5.57 Å². The van der Waals surface area contributed by atoms with Crippen LogP contribution in [0.15, 0.2) is 17.7 Å². The molecule has 1 aromatic carbocycles. The van der Waals surface area contributed by atoms with Crippen LogP contribution in [0.5, 0.6) is 5.75 Å². The van der Waals surface area contributed by atoms with Crippen LogP contribution in [-0.2, 0) is 4.79 Å². The highest BCUT2D eigenvalue weighted by atomic mass is 19.3. The first-order valence-electron chi connectivity index (χ1n) is 5.29. The Kier molecular flexibility index (Phi) is 4.42. The summed E-state index contributed by atoms with van der Waals surface area (Å²) in [5, 5.41) is 8.76. The average Bonchev–Trinajstić information content (AvgIpc) is 2.23. The van der Waals surface area contributed by atoms with Crippen molar-refractivity contribution in [3.05, 3.63) is 34.4 Å². The lowest BCUT2D eigenvalue weighted by Crippen LogP contribution is -2.05. The fraction of sp³-hybridized carbons (Fsp3) is 0.308. The average molecular weight is 256 g/mol. The minimum atomic E-state index is -2.87. The van der Waals surface area contributed by atoms with E-state index in [0.29, 0.717) is 16.7 Å². The van der Waals surface area contributed by atoms with Crippen LogP contribution in [0.3, 0.4) is 0 Å². The van der Waals surface area contributed by atoms with E-state index in [0.717, 1.165) is 0 Å². The third-order valence-electron chi connectivity index (χ3n) is 2.41. The van der Waals surface area contributed by atoms with E-state index in [2.05, 4.69) is 4.74 Å². The van der Waals surface area contributed by atoms with Gasteiger partial charge in [0.2, 0.25) is 0 Å². The fourth-order valence-corrected chi connectivity index (χ4v) is 1.65. The lowest BCUT2D eigenvalue weighted by atomic mass is 10.0. The van der Waals surface area contributed by atoms with E-state index in [1.165, 1.54) is 13.0 Å². The third-order valence-corrected chi connectivity index (χ3v) is 2.41.